The molecule has 0 N–H and O–H groups in total. The predicted octanol–water partition coefficient (Wildman–Crippen LogP) is 11.1. The van der Waals surface area contributed by atoms with Crippen LogP contribution in [0.4, 0.5) is 0 Å². The van der Waals surface area contributed by atoms with Crippen molar-refractivity contribution in [3.63, 3.8) is 0 Å². The minimum Gasteiger partial charge on any atom is -0.309 e. The van der Waals surface area contributed by atoms with Crippen molar-refractivity contribution in [3.05, 3.63) is 155 Å². The van der Waals surface area contributed by atoms with Gasteiger partial charge in [-0.1, -0.05) is 127 Å². The van der Waals surface area contributed by atoms with Crippen LogP contribution >= 0.6 is 22.7 Å². The lowest BCUT2D eigenvalue weighted by molar-refractivity contribution is 1.07. The fourth-order valence-electron chi connectivity index (χ4n) is 7.70. The second-order valence-corrected chi connectivity index (χ2v) is 15.2. The monoisotopic (exact) mass is 700 g/mol. The van der Waals surface area contributed by atoms with Crippen molar-refractivity contribution >= 4 is 86.9 Å². The summed E-state index contributed by atoms with van der Waals surface area (Å²) in [6.07, 6.45) is 9.90. The summed E-state index contributed by atoms with van der Waals surface area (Å²) < 4.78 is 7.52. The third kappa shape index (κ3) is 4.55. The summed E-state index contributed by atoms with van der Waals surface area (Å²) in [7, 11) is 0. The Kier molecular flexibility index (Phi) is 6.62. The third-order valence-corrected chi connectivity index (χ3v) is 12.5. The van der Waals surface area contributed by atoms with E-state index in [1.807, 2.05) is 59.1 Å². The fraction of sp³-hybridized carbons (Fsp3) is 0.0217. The van der Waals surface area contributed by atoms with Crippen LogP contribution in [0.25, 0.3) is 104 Å². The molecule has 1 aliphatic rings. The number of hydrogen-bond acceptors (Lipinski definition) is 5. The van der Waals surface area contributed by atoms with E-state index in [9.17, 15) is 0 Å². The molecule has 0 saturated carbocycles. The zero-order valence-electron chi connectivity index (χ0n) is 27.8. The number of aromatic nitrogens is 4. The van der Waals surface area contributed by atoms with E-state index in [1.165, 1.54) is 61.8 Å². The zero-order valence-corrected chi connectivity index (χ0v) is 29.5. The van der Waals surface area contributed by atoms with Crippen LogP contribution in [0.1, 0.15) is 6.42 Å². The van der Waals surface area contributed by atoms with E-state index in [1.54, 1.807) is 0 Å². The highest BCUT2D eigenvalue weighted by Gasteiger charge is 2.21. The minimum atomic E-state index is 0.659. The van der Waals surface area contributed by atoms with Gasteiger partial charge in [0, 0.05) is 73.2 Å². The summed E-state index contributed by atoms with van der Waals surface area (Å²) in [4.78, 5) is 15.5. The smallest absolute Gasteiger partial charge is 0.165 e. The average Bonchev–Trinajstić information content (AvgIpc) is 3.81. The van der Waals surface area contributed by atoms with Gasteiger partial charge in [0.25, 0.3) is 0 Å². The van der Waals surface area contributed by atoms with Gasteiger partial charge >= 0.3 is 0 Å². The first-order valence-corrected chi connectivity index (χ1v) is 19.1. The number of hydrogen-bond donors (Lipinski definition) is 0. The molecule has 6 heteroatoms. The summed E-state index contributed by atoms with van der Waals surface area (Å²) in [5, 5.41) is 7.60. The molecular formula is C46H28N4S2. The highest BCUT2D eigenvalue weighted by atomic mass is 32.1. The van der Waals surface area contributed by atoms with Crippen LogP contribution in [0.3, 0.4) is 0 Å². The van der Waals surface area contributed by atoms with E-state index in [2.05, 4.69) is 126 Å². The molecule has 0 aliphatic heterocycles. The molecule has 11 rings (SSSR count). The highest BCUT2D eigenvalue weighted by Crippen LogP contribution is 2.44. The Morgan fingerprint density at radius 3 is 2.02 bits per heavy atom. The van der Waals surface area contributed by atoms with E-state index in [-0.39, 0.29) is 0 Å². The number of nitrogens with zero attached hydrogens (tertiary/aromatic N) is 4. The molecule has 0 radical (unpaired) electrons. The normalized spacial score (nSPS) is 12.8. The van der Waals surface area contributed by atoms with Gasteiger partial charge in [0.05, 0.1) is 11.0 Å². The van der Waals surface area contributed by atoms with E-state index >= 15 is 0 Å². The molecule has 6 aromatic carbocycles. The maximum atomic E-state index is 5.23. The molecule has 0 fully saturated rings. The molecule has 0 unspecified atom stereocenters. The summed E-state index contributed by atoms with van der Waals surface area (Å²) in [6, 6.07) is 47.3. The third-order valence-electron chi connectivity index (χ3n) is 10.1. The topological polar surface area (TPSA) is 43.6 Å². The van der Waals surface area contributed by atoms with Gasteiger partial charge in [0.1, 0.15) is 0 Å². The van der Waals surface area contributed by atoms with Crippen LogP contribution < -0.4 is 9.75 Å². The molecule has 0 atom stereocenters. The van der Waals surface area contributed by atoms with Crippen LogP contribution in [0.15, 0.2) is 146 Å². The predicted molar refractivity (Wildman–Crippen MR) is 221 cm³/mol. The molecule has 4 heterocycles. The number of allylic oxidation sites excluding steroid dienone is 2. The van der Waals surface area contributed by atoms with Gasteiger partial charge in [-0.25, -0.2) is 15.0 Å². The van der Waals surface area contributed by atoms with Crippen LogP contribution in [0, 0.1) is 0 Å². The van der Waals surface area contributed by atoms with Gasteiger partial charge in [-0.2, -0.15) is 0 Å². The van der Waals surface area contributed by atoms with E-state index in [0.717, 1.165) is 28.8 Å². The van der Waals surface area contributed by atoms with Gasteiger partial charge < -0.3 is 4.57 Å². The Bertz CT molecular complexity index is 3150. The Hall–Kier alpha value is -6.21. The fourth-order valence-corrected chi connectivity index (χ4v) is 10.2. The maximum Gasteiger partial charge on any atom is 0.165 e. The standard InChI is InChI=1S/C46H28N4S2/c1-4-14-28(15-5-1)44-47-45(29-16-6-2-7-17-29)49-46(48-44)36-27-30(26-35-32-18-8-3-9-22-40(32)51-42(35)36)50-37-21-12-10-20-34(37)41-38(50)25-24-33-31-19-11-13-23-39(31)52-43(33)41/h1-8,10-27H,9H2. The summed E-state index contributed by atoms with van der Waals surface area (Å²) in [5.41, 5.74) is 6.36. The second kappa shape index (κ2) is 11.7. The van der Waals surface area contributed by atoms with Gasteiger partial charge in [0.15, 0.2) is 17.5 Å². The highest BCUT2D eigenvalue weighted by molar-refractivity contribution is 7.26. The Morgan fingerprint density at radius 2 is 1.23 bits per heavy atom. The van der Waals surface area contributed by atoms with Gasteiger partial charge in [-0.3, -0.25) is 0 Å². The van der Waals surface area contributed by atoms with E-state index < -0.39 is 0 Å². The first-order chi connectivity index (χ1) is 25.8. The quantitative estimate of drug-likeness (QED) is 0.184. The minimum absolute atomic E-state index is 0.659. The van der Waals surface area contributed by atoms with Crippen molar-refractivity contribution < 1.29 is 0 Å². The van der Waals surface area contributed by atoms with Crippen molar-refractivity contribution in [2.75, 3.05) is 0 Å². The lowest BCUT2D eigenvalue weighted by Gasteiger charge is -2.13. The average molecular weight is 701 g/mol. The van der Waals surface area contributed by atoms with Gasteiger partial charge in [-0.05, 0) is 36.8 Å². The van der Waals surface area contributed by atoms with Gasteiger partial charge in [-0.15, -0.1) is 22.7 Å². The number of thiophene rings is 2. The molecule has 4 nitrogen and oxygen atoms in total. The largest absolute Gasteiger partial charge is 0.309 e. The summed E-state index contributed by atoms with van der Waals surface area (Å²) >= 11 is 3.70. The summed E-state index contributed by atoms with van der Waals surface area (Å²) in [6.45, 7) is 0. The molecule has 1 aliphatic carbocycles. The molecule has 0 amide bonds. The second-order valence-electron chi connectivity index (χ2n) is 13.1. The van der Waals surface area contributed by atoms with Crippen LogP contribution in [0.5, 0.6) is 0 Å². The maximum absolute atomic E-state index is 5.23. The van der Waals surface area contributed by atoms with Crippen LogP contribution in [0.2, 0.25) is 0 Å². The zero-order chi connectivity index (χ0) is 34.2. The first kappa shape index (κ1) is 29.5. The molecule has 0 bridgehead atoms. The number of rotatable bonds is 4. The lowest BCUT2D eigenvalue weighted by Crippen LogP contribution is -2.17. The molecular weight excluding hydrogens is 673 g/mol. The summed E-state index contributed by atoms with van der Waals surface area (Å²) in [5.74, 6) is 1.98. The van der Waals surface area contributed by atoms with Crippen molar-refractivity contribution in [3.8, 4) is 39.9 Å². The molecule has 4 aromatic heterocycles. The number of para-hydroxylation sites is 1. The van der Waals surface area contributed by atoms with Crippen molar-refractivity contribution in [1.82, 2.24) is 19.5 Å². The Morgan fingerprint density at radius 1 is 0.538 bits per heavy atom. The molecule has 0 spiro atoms. The number of fused-ring (bicyclic) bond motifs is 10. The molecule has 0 saturated heterocycles. The lowest BCUT2D eigenvalue weighted by atomic mass is 10.1. The van der Waals surface area contributed by atoms with Crippen molar-refractivity contribution in [1.29, 1.82) is 0 Å². The molecule has 52 heavy (non-hydrogen) atoms. The van der Waals surface area contributed by atoms with E-state index in [0.29, 0.717) is 17.5 Å². The SMILES string of the molecule is C1=CCC=c2sc3c(-c4nc(-c5ccccc5)nc(-c5ccccc5)n4)cc(-n4c5ccccc5c5c6sc7ccccc7c6ccc54)cc3c2=C1. The molecule has 244 valence electrons. The van der Waals surface area contributed by atoms with E-state index in [4.69, 9.17) is 15.0 Å². The molecule has 10 aromatic rings. The Balaban J connectivity index is 1.26. The van der Waals surface area contributed by atoms with Gasteiger partial charge in [0.2, 0.25) is 0 Å². The number of benzene rings is 6. The Labute approximate surface area is 306 Å². The first-order valence-electron chi connectivity index (χ1n) is 17.4. The van der Waals surface area contributed by atoms with Crippen molar-refractivity contribution in [2.45, 2.75) is 6.42 Å². The van der Waals surface area contributed by atoms with Crippen LogP contribution in [-0.4, -0.2) is 19.5 Å². The van der Waals surface area contributed by atoms with Crippen molar-refractivity contribution in [2.24, 2.45) is 0 Å². The van der Waals surface area contributed by atoms with Crippen LogP contribution in [-0.2, 0) is 0 Å².